The van der Waals surface area contributed by atoms with Crippen LogP contribution in [0.4, 0.5) is 0 Å². The second-order valence-electron chi connectivity index (χ2n) is 5.17. The van der Waals surface area contributed by atoms with E-state index in [1.54, 1.807) is 0 Å². The molecule has 1 spiro atoms. The van der Waals surface area contributed by atoms with Gasteiger partial charge in [0.2, 0.25) is 0 Å². The van der Waals surface area contributed by atoms with E-state index in [4.69, 9.17) is 0 Å². The van der Waals surface area contributed by atoms with Gasteiger partial charge in [-0.1, -0.05) is 0 Å². The molecule has 5 nitrogen and oxygen atoms in total. The molecule has 3 rings (SSSR count). The summed E-state index contributed by atoms with van der Waals surface area (Å²) in [5.74, 6) is 0.817. The number of hydrogen-bond donors (Lipinski definition) is 2. The first-order chi connectivity index (χ1) is 7.68. The monoisotopic (exact) mass is 222 g/mol. The first kappa shape index (κ1) is 10.1. The zero-order valence-corrected chi connectivity index (χ0v) is 9.62. The van der Waals surface area contributed by atoms with Crippen LogP contribution in [0.15, 0.2) is 4.99 Å². The fourth-order valence-corrected chi connectivity index (χ4v) is 2.34. The molecule has 0 radical (unpaired) electrons. The lowest BCUT2D eigenvalue weighted by Gasteiger charge is -2.35. The molecule has 3 aliphatic rings. The van der Waals surface area contributed by atoms with Crippen molar-refractivity contribution in [3.63, 3.8) is 0 Å². The van der Waals surface area contributed by atoms with E-state index in [2.05, 4.69) is 27.6 Å². The average molecular weight is 222 g/mol. The maximum absolute atomic E-state index is 12.0. The van der Waals surface area contributed by atoms with Gasteiger partial charge in [0.25, 0.3) is 5.91 Å². The summed E-state index contributed by atoms with van der Waals surface area (Å²) in [6.45, 7) is 1.94. The Morgan fingerprint density at radius 2 is 2.06 bits per heavy atom. The molecule has 1 amide bonds. The molecule has 2 aliphatic heterocycles. The Kier molecular flexibility index (Phi) is 2.17. The van der Waals surface area contributed by atoms with Gasteiger partial charge < -0.3 is 10.2 Å². The summed E-state index contributed by atoms with van der Waals surface area (Å²) in [4.78, 5) is 18.7. The van der Waals surface area contributed by atoms with E-state index in [0.717, 1.165) is 38.8 Å². The minimum Gasteiger partial charge on any atom is -0.342 e. The van der Waals surface area contributed by atoms with Crippen molar-refractivity contribution in [1.82, 2.24) is 15.5 Å². The van der Waals surface area contributed by atoms with Crippen LogP contribution in [-0.4, -0.2) is 48.5 Å². The van der Waals surface area contributed by atoms with Gasteiger partial charge in [-0.25, -0.2) is 4.99 Å². The molecule has 88 valence electrons. The topological polar surface area (TPSA) is 56.7 Å². The number of aliphatic imine (C=N–C) groups is 1. The van der Waals surface area contributed by atoms with Crippen LogP contribution in [-0.2, 0) is 4.79 Å². The molecule has 0 unspecified atom stereocenters. The summed E-state index contributed by atoms with van der Waals surface area (Å²) in [7, 11) is 2.10. The van der Waals surface area contributed by atoms with E-state index < -0.39 is 0 Å². The van der Waals surface area contributed by atoms with Crippen molar-refractivity contribution in [3.05, 3.63) is 0 Å². The van der Waals surface area contributed by atoms with Crippen molar-refractivity contribution < 1.29 is 4.79 Å². The lowest BCUT2D eigenvalue weighted by molar-refractivity contribution is -0.125. The van der Waals surface area contributed by atoms with Gasteiger partial charge in [-0.15, -0.1) is 0 Å². The normalized spacial score (nSPS) is 31.8. The largest absolute Gasteiger partial charge is 0.342 e. The summed E-state index contributed by atoms with van der Waals surface area (Å²) < 4.78 is 0. The molecule has 0 aromatic rings. The van der Waals surface area contributed by atoms with Crippen LogP contribution in [0.1, 0.15) is 25.7 Å². The second kappa shape index (κ2) is 3.45. The number of rotatable bonds is 1. The maximum atomic E-state index is 12.0. The highest BCUT2D eigenvalue weighted by molar-refractivity contribution is 6.09. The van der Waals surface area contributed by atoms with E-state index in [0.29, 0.717) is 12.0 Å². The number of likely N-dealkylation sites (tertiary alicyclic amines) is 1. The lowest BCUT2D eigenvalue weighted by atomic mass is 9.88. The molecule has 0 bridgehead atoms. The zero-order valence-electron chi connectivity index (χ0n) is 9.62. The van der Waals surface area contributed by atoms with Crippen molar-refractivity contribution in [1.29, 1.82) is 0 Å². The van der Waals surface area contributed by atoms with Crippen LogP contribution in [0.3, 0.4) is 0 Å². The number of amides is 1. The Morgan fingerprint density at radius 3 is 2.69 bits per heavy atom. The number of piperidine rings is 1. The van der Waals surface area contributed by atoms with Crippen LogP contribution in [0.25, 0.3) is 0 Å². The molecule has 5 heteroatoms. The summed E-state index contributed by atoms with van der Waals surface area (Å²) in [5, 5.41) is 6.19. The first-order valence-corrected chi connectivity index (χ1v) is 6.04. The molecule has 2 saturated heterocycles. The fraction of sp³-hybridized carbons (Fsp3) is 0.818. The summed E-state index contributed by atoms with van der Waals surface area (Å²) in [5.41, 5.74) is -0.375. The van der Waals surface area contributed by atoms with Gasteiger partial charge in [0.05, 0.1) is 6.04 Å². The van der Waals surface area contributed by atoms with Crippen LogP contribution in [0.2, 0.25) is 0 Å². The third-order valence-electron chi connectivity index (χ3n) is 3.72. The quantitative estimate of drug-likeness (QED) is 0.640. The second-order valence-corrected chi connectivity index (χ2v) is 5.17. The van der Waals surface area contributed by atoms with Crippen molar-refractivity contribution in [2.24, 2.45) is 4.99 Å². The third kappa shape index (κ3) is 1.69. The van der Waals surface area contributed by atoms with Gasteiger partial charge >= 0.3 is 0 Å². The molecule has 2 heterocycles. The highest BCUT2D eigenvalue weighted by Crippen LogP contribution is 2.27. The fourth-order valence-electron chi connectivity index (χ4n) is 2.34. The maximum Gasteiger partial charge on any atom is 0.252 e. The first-order valence-electron chi connectivity index (χ1n) is 6.04. The predicted octanol–water partition coefficient (Wildman–Crippen LogP) is -0.311. The highest BCUT2D eigenvalue weighted by Gasteiger charge is 2.46. The van der Waals surface area contributed by atoms with Crippen LogP contribution >= 0.6 is 0 Å². The smallest absolute Gasteiger partial charge is 0.252 e. The molecule has 0 atom stereocenters. The number of hydrogen-bond acceptors (Lipinski definition) is 3. The molecule has 1 aliphatic carbocycles. The van der Waals surface area contributed by atoms with Gasteiger partial charge in [-0.3, -0.25) is 10.1 Å². The van der Waals surface area contributed by atoms with E-state index in [1.165, 1.54) is 0 Å². The summed E-state index contributed by atoms with van der Waals surface area (Å²) in [6, 6.07) is 0.448. The van der Waals surface area contributed by atoms with Crippen molar-refractivity contribution in [3.8, 4) is 0 Å². The standard InChI is InChI=1S/C11H18N4O/c1-15-6-4-11(5-7-15)9(16)13-10(14-11)12-8-2-3-8/h8H,2-7H2,1H3,(H2,12,13,14,16). The van der Waals surface area contributed by atoms with Gasteiger partial charge in [-0.05, 0) is 32.7 Å². The van der Waals surface area contributed by atoms with Gasteiger partial charge in [-0.2, -0.15) is 0 Å². The Bertz CT molecular complexity index is 340. The Morgan fingerprint density at radius 1 is 1.38 bits per heavy atom. The van der Waals surface area contributed by atoms with Crippen molar-refractivity contribution in [2.45, 2.75) is 37.3 Å². The molecular formula is C11H18N4O. The summed E-state index contributed by atoms with van der Waals surface area (Å²) in [6.07, 6.45) is 4.08. The van der Waals surface area contributed by atoms with Gasteiger partial charge in [0.1, 0.15) is 5.54 Å². The van der Waals surface area contributed by atoms with E-state index >= 15 is 0 Å². The number of carbonyl (C=O) groups excluding carboxylic acids is 1. The van der Waals surface area contributed by atoms with E-state index in [-0.39, 0.29) is 11.4 Å². The Labute approximate surface area is 95.3 Å². The molecule has 2 N–H and O–H groups in total. The average Bonchev–Trinajstić information content (AvgIpc) is 3.00. The van der Waals surface area contributed by atoms with E-state index in [9.17, 15) is 4.79 Å². The number of nitrogens with zero attached hydrogens (tertiary/aromatic N) is 2. The van der Waals surface area contributed by atoms with Crippen LogP contribution < -0.4 is 10.6 Å². The molecular weight excluding hydrogens is 204 g/mol. The number of carbonyl (C=O) groups is 1. The Hall–Kier alpha value is -1.10. The SMILES string of the molecule is CN1CCC2(CC1)NC(=NC1CC1)NC2=O. The van der Waals surface area contributed by atoms with Gasteiger partial charge in [0, 0.05) is 13.1 Å². The minimum atomic E-state index is -0.375. The Balaban J connectivity index is 1.73. The minimum absolute atomic E-state index is 0.111. The third-order valence-corrected chi connectivity index (χ3v) is 3.72. The van der Waals surface area contributed by atoms with Crippen LogP contribution in [0.5, 0.6) is 0 Å². The summed E-state index contributed by atoms with van der Waals surface area (Å²) >= 11 is 0. The van der Waals surface area contributed by atoms with Gasteiger partial charge in [0.15, 0.2) is 5.96 Å². The molecule has 0 aromatic carbocycles. The molecule has 0 aromatic heterocycles. The number of guanidine groups is 1. The highest BCUT2D eigenvalue weighted by atomic mass is 16.2. The van der Waals surface area contributed by atoms with E-state index in [1.807, 2.05) is 0 Å². The zero-order chi connectivity index (χ0) is 11.2. The molecule has 3 fully saturated rings. The van der Waals surface area contributed by atoms with Crippen molar-refractivity contribution >= 4 is 11.9 Å². The van der Waals surface area contributed by atoms with Crippen LogP contribution in [0, 0.1) is 0 Å². The molecule has 1 saturated carbocycles. The molecule has 16 heavy (non-hydrogen) atoms. The van der Waals surface area contributed by atoms with Crippen molar-refractivity contribution in [2.75, 3.05) is 20.1 Å². The number of nitrogens with one attached hydrogen (secondary N) is 2. The lowest BCUT2D eigenvalue weighted by Crippen LogP contribution is -2.54. The predicted molar refractivity (Wildman–Crippen MR) is 61.2 cm³/mol.